The maximum Gasteiger partial charge on any atom is 0.273 e. The summed E-state index contributed by atoms with van der Waals surface area (Å²) in [6.45, 7) is 3.78. The van der Waals surface area contributed by atoms with Gasteiger partial charge in [-0.05, 0) is 49.2 Å². The van der Waals surface area contributed by atoms with Gasteiger partial charge in [0.15, 0.2) is 0 Å². The highest BCUT2D eigenvalue weighted by Gasteiger charge is 2.24. The number of rotatable bonds is 4. The number of benzene rings is 2. The summed E-state index contributed by atoms with van der Waals surface area (Å²) in [5.41, 5.74) is 6.20. The lowest BCUT2D eigenvalue weighted by Crippen LogP contribution is -2.47. The van der Waals surface area contributed by atoms with Crippen LogP contribution in [-0.4, -0.2) is 18.9 Å². The number of methoxy groups -OCH3 is 1. The number of nitrogens with zero attached hydrogens (tertiary/aromatic N) is 1. The second-order valence-corrected chi connectivity index (χ2v) is 6.66. The van der Waals surface area contributed by atoms with E-state index in [0.717, 1.165) is 11.1 Å². The molecule has 0 fully saturated rings. The number of nitrogens with one attached hydrogen (secondary N) is 2. The fraction of sp³-hybridized carbons (Fsp3) is 0.200. The summed E-state index contributed by atoms with van der Waals surface area (Å²) >= 11 is 6.10. The van der Waals surface area contributed by atoms with Crippen molar-refractivity contribution in [1.82, 2.24) is 5.43 Å². The molecule has 2 N–H and O–H groups in total. The fourth-order valence-electron chi connectivity index (χ4n) is 2.75. The van der Waals surface area contributed by atoms with Crippen LogP contribution < -0.4 is 20.5 Å². The van der Waals surface area contributed by atoms with Gasteiger partial charge in [0.1, 0.15) is 11.4 Å². The Morgan fingerprint density at radius 3 is 2.74 bits per heavy atom. The lowest BCUT2D eigenvalue weighted by Gasteiger charge is -2.29. The normalized spacial score (nSPS) is 13.7. The molecular formula is C20H20ClN3O3. The molecule has 0 atom stereocenters. The molecule has 0 aromatic heterocycles. The number of aryl methyl sites for hydroxylation is 2. The molecule has 1 heterocycles. The van der Waals surface area contributed by atoms with Crippen LogP contribution in [0.2, 0.25) is 5.02 Å². The lowest BCUT2D eigenvalue weighted by atomic mass is 10.1. The van der Waals surface area contributed by atoms with Crippen molar-refractivity contribution in [3.63, 3.8) is 0 Å². The minimum atomic E-state index is -0.375. The molecule has 2 aromatic carbocycles. The third-order valence-corrected chi connectivity index (χ3v) is 4.60. The quantitative estimate of drug-likeness (QED) is 0.841. The summed E-state index contributed by atoms with van der Waals surface area (Å²) < 4.78 is 5.29. The fourth-order valence-corrected chi connectivity index (χ4v) is 2.90. The molecule has 1 aliphatic rings. The Labute approximate surface area is 162 Å². The van der Waals surface area contributed by atoms with Crippen LogP contribution in [0.5, 0.6) is 5.75 Å². The summed E-state index contributed by atoms with van der Waals surface area (Å²) in [5, 5.41) is 4.74. The molecule has 0 saturated carbocycles. The zero-order chi connectivity index (χ0) is 19.6. The molecule has 27 heavy (non-hydrogen) atoms. The minimum Gasteiger partial charge on any atom is -0.495 e. The summed E-state index contributed by atoms with van der Waals surface area (Å²) in [4.78, 5) is 25.0. The van der Waals surface area contributed by atoms with Gasteiger partial charge in [0, 0.05) is 17.5 Å². The maximum atomic E-state index is 12.7. The van der Waals surface area contributed by atoms with Crippen molar-refractivity contribution < 1.29 is 14.3 Å². The molecule has 0 spiro atoms. The summed E-state index contributed by atoms with van der Waals surface area (Å²) in [5.74, 6) is -0.0563. The van der Waals surface area contributed by atoms with Gasteiger partial charge >= 0.3 is 0 Å². The lowest BCUT2D eigenvalue weighted by molar-refractivity contribution is -0.119. The number of halogens is 1. The van der Waals surface area contributed by atoms with Crippen molar-refractivity contribution in [2.24, 2.45) is 0 Å². The Kier molecular flexibility index (Phi) is 5.37. The van der Waals surface area contributed by atoms with Crippen LogP contribution in [0.1, 0.15) is 17.5 Å². The molecule has 2 aromatic rings. The van der Waals surface area contributed by atoms with Gasteiger partial charge in [-0.3, -0.25) is 15.0 Å². The molecule has 1 aliphatic heterocycles. The van der Waals surface area contributed by atoms with Crippen molar-refractivity contribution >= 4 is 34.8 Å². The minimum absolute atomic E-state index is 0.125. The van der Waals surface area contributed by atoms with E-state index in [0.29, 0.717) is 22.1 Å². The first-order valence-electron chi connectivity index (χ1n) is 8.41. The highest BCUT2D eigenvalue weighted by Crippen LogP contribution is 2.31. The van der Waals surface area contributed by atoms with Gasteiger partial charge in [0.25, 0.3) is 5.91 Å². The first-order chi connectivity index (χ1) is 12.9. The molecule has 6 nitrogen and oxygen atoms in total. The standard InChI is InChI=1S/C20H20ClN3O3/c1-12-5-4-6-14(9-12)24-19(25)8-7-16(23-24)20(26)22-17-10-13(2)15(21)11-18(17)27-3/h4-7,9-11,23H,8H2,1-3H3,(H,22,26). The van der Waals surface area contributed by atoms with Gasteiger partial charge in [-0.1, -0.05) is 23.7 Å². The number of hydrogen-bond donors (Lipinski definition) is 2. The van der Waals surface area contributed by atoms with E-state index in [2.05, 4.69) is 10.7 Å². The Balaban J connectivity index is 1.81. The van der Waals surface area contributed by atoms with Crippen LogP contribution in [0, 0.1) is 13.8 Å². The Bertz CT molecular complexity index is 940. The predicted octanol–water partition coefficient (Wildman–Crippen LogP) is 3.73. The van der Waals surface area contributed by atoms with Crippen molar-refractivity contribution in [3.8, 4) is 5.75 Å². The molecule has 0 saturated heterocycles. The van der Waals surface area contributed by atoms with E-state index in [-0.39, 0.29) is 23.9 Å². The highest BCUT2D eigenvalue weighted by molar-refractivity contribution is 6.31. The van der Waals surface area contributed by atoms with Crippen LogP contribution in [-0.2, 0) is 9.59 Å². The monoisotopic (exact) mass is 385 g/mol. The molecule has 0 radical (unpaired) electrons. The van der Waals surface area contributed by atoms with Gasteiger partial charge in [0.05, 0.1) is 18.5 Å². The third-order valence-electron chi connectivity index (χ3n) is 4.20. The van der Waals surface area contributed by atoms with Gasteiger partial charge in [-0.2, -0.15) is 0 Å². The molecule has 2 amide bonds. The largest absolute Gasteiger partial charge is 0.495 e. The molecule has 0 bridgehead atoms. The number of carbonyl (C=O) groups excluding carboxylic acids is 2. The van der Waals surface area contributed by atoms with Crippen LogP contribution in [0.3, 0.4) is 0 Å². The summed E-state index contributed by atoms with van der Waals surface area (Å²) in [6, 6.07) is 10.9. The number of hydrazine groups is 1. The number of hydrogen-bond acceptors (Lipinski definition) is 4. The first kappa shape index (κ1) is 18.8. The topological polar surface area (TPSA) is 70.7 Å². The van der Waals surface area contributed by atoms with Crippen molar-refractivity contribution in [1.29, 1.82) is 0 Å². The number of carbonyl (C=O) groups is 2. The zero-order valence-corrected chi connectivity index (χ0v) is 16.1. The molecule has 140 valence electrons. The molecule has 7 heteroatoms. The van der Waals surface area contributed by atoms with Crippen LogP contribution >= 0.6 is 11.6 Å². The Morgan fingerprint density at radius 2 is 2.04 bits per heavy atom. The summed E-state index contributed by atoms with van der Waals surface area (Å²) in [6.07, 6.45) is 1.69. The average Bonchev–Trinajstić information content (AvgIpc) is 2.64. The van der Waals surface area contributed by atoms with Crippen molar-refractivity contribution in [2.45, 2.75) is 20.3 Å². The van der Waals surface area contributed by atoms with Crippen LogP contribution in [0.15, 0.2) is 48.2 Å². The molecule has 3 rings (SSSR count). The van der Waals surface area contributed by atoms with Gasteiger partial charge in [-0.25, -0.2) is 5.01 Å². The van der Waals surface area contributed by atoms with Crippen LogP contribution in [0.4, 0.5) is 11.4 Å². The number of anilines is 2. The van der Waals surface area contributed by atoms with Gasteiger partial charge in [0.2, 0.25) is 5.91 Å². The van der Waals surface area contributed by atoms with E-state index in [1.165, 1.54) is 12.1 Å². The smallest absolute Gasteiger partial charge is 0.273 e. The highest BCUT2D eigenvalue weighted by atomic mass is 35.5. The van der Waals surface area contributed by atoms with E-state index in [4.69, 9.17) is 16.3 Å². The molecule has 0 aliphatic carbocycles. The second kappa shape index (κ2) is 7.72. The third kappa shape index (κ3) is 4.06. The van der Waals surface area contributed by atoms with Crippen molar-refractivity contribution in [2.75, 3.05) is 17.4 Å². The van der Waals surface area contributed by atoms with Crippen molar-refractivity contribution in [3.05, 3.63) is 64.3 Å². The van der Waals surface area contributed by atoms with E-state index in [9.17, 15) is 9.59 Å². The Morgan fingerprint density at radius 1 is 1.26 bits per heavy atom. The molecular weight excluding hydrogens is 366 g/mol. The number of ether oxygens (including phenoxy) is 1. The average molecular weight is 386 g/mol. The van der Waals surface area contributed by atoms with Gasteiger partial charge < -0.3 is 10.1 Å². The SMILES string of the molecule is COc1cc(Cl)c(C)cc1NC(=O)C1=CCC(=O)N(c2cccc(C)c2)N1. The number of amides is 2. The molecule has 0 unspecified atom stereocenters. The maximum absolute atomic E-state index is 12.7. The van der Waals surface area contributed by atoms with E-state index in [1.54, 1.807) is 18.2 Å². The van der Waals surface area contributed by atoms with E-state index >= 15 is 0 Å². The first-order valence-corrected chi connectivity index (χ1v) is 8.78. The second-order valence-electron chi connectivity index (χ2n) is 6.26. The Hall–Kier alpha value is -2.99. The zero-order valence-electron chi connectivity index (χ0n) is 15.3. The van der Waals surface area contributed by atoms with Gasteiger partial charge in [-0.15, -0.1) is 0 Å². The predicted molar refractivity (Wildman–Crippen MR) is 106 cm³/mol. The summed E-state index contributed by atoms with van der Waals surface area (Å²) in [7, 11) is 1.51. The van der Waals surface area contributed by atoms with E-state index < -0.39 is 0 Å². The van der Waals surface area contributed by atoms with E-state index in [1.807, 2.05) is 38.1 Å². The van der Waals surface area contributed by atoms with Crippen LogP contribution in [0.25, 0.3) is 0 Å².